The molecule has 0 saturated carbocycles. The van der Waals surface area contributed by atoms with Crippen molar-refractivity contribution >= 4 is 11.7 Å². The number of amides is 1. The van der Waals surface area contributed by atoms with Crippen molar-refractivity contribution in [2.24, 2.45) is 0 Å². The van der Waals surface area contributed by atoms with E-state index in [-0.39, 0.29) is 18.6 Å². The van der Waals surface area contributed by atoms with E-state index < -0.39 is 0 Å². The summed E-state index contributed by atoms with van der Waals surface area (Å²) in [6.45, 7) is 2.02. The second-order valence-electron chi connectivity index (χ2n) is 3.45. The van der Waals surface area contributed by atoms with Crippen molar-refractivity contribution in [2.75, 3.05) is 12.3 Å². The summed E-state index contributed by atoms with van der Waals surface area (Å²) in [5.74, 6) is 0.0628. The Morgan fingerprint density at radius 2 is 2.53 bits per heavy atom. The first-order chi connectivity index (χ1) is 7.13. The van der Waals surface area contributed by atoms with E-state index in [2.05, 4.69) is 15.5 Å². The minimum absolute atomic E-state index is 0.0224. The van der Waals surface area contributed by atoms with Crippen LogP contribution in [0.3, 0.4) is 0 Å². The fraction of sp³-hybridized carbons (Fsp3) is 0.556. The molecule has 0 radical (unpaired) electrons. The molecule has 0 fully saturated rings. The van der Waals surface area contributed by atoms with Gasteiger partial charge in [0.25, 0.3) is 5.91 Å². The van der Waals surface area contributed by atoms with Crippen LogP contribution in [0.1, 0.15) is 30.3 Å². The summed E-state index contributed by atoms with van der Waals surface area (Å²) in [5.41, 5.74) is 5.72. The van der Waals surface area contributed by atoms with Gasteiger partial charge in [-0.2, -0.15) is 5.10 Å². The lowest BCUT2D eigenvalue weighted by Crippen LogP contribution is -2.32. The zero-order chi connectivity index (χ0) is 11.3. The Kier molecular flexibility index (Phi) is 4.11. The molecule has 6 heteroatoms. The van der Waals surface area contributed by atoms with E-state index in [0.717, 1.165) is 6.42 Å². The molecule has 1 rings (SSSR count). The second kappa shape index (κ2) is 5.35. The van der Waals surface area contributed by atoms with Crippen LogP contribution in [0, 0.1) is 0 Å². The molecule has 84 valence electrons. The number of nitrogens with one attached hydrogen (secondary N) is 2. The largest absolute Gasteiger partial charge is 0.396 e. The van der Waals surface area contributed by atoms with E-state index in [1.807, 2.05) is 6.92 Å². The van der Waals surface area contributed by atoms with Crippen LogP contribution in [0.15, 0.2) is 6.07 Å². The van der Waals surface area contributed by atoms with Gasteiger partial charge in [-0.05, 0) is 19.8 Å². The minimum atomic E-state index is -0.232. The van der Waals surface area contributed by atoms with Crippen LogP contribution >= 0.6 is 0 Å². The maximum absolute atomic E-state index is 11.5. The molecule has 1 atom stereocenters. The van der Waals surface area contributed by atoms with Crippen molar-refractivity contribution in [2.45, 2.75) is 25.8 Å². The monoisotopic (exact) mass is 212 g/mol. The number of hydrogen-bond acceptors (Lipinski definition) is 4. The molecule has 0 aliphatic carbocycles. The summed E-state index contributed by atoms with van der Waals surface area (Å²) in [7, 11) is 0. The van der Waals surface area contributed by atoms with Gasteiger partial charge in [0.15, 0.2) is 0 Å². The molecule has 0 spiro atoms. The van der Waals surface area contributed by atoms with Crippen LogP contribution in [-0.2, 0) is 0 Å². The third-order valence-corrected chi connectivity index (χ3v) is 2.02. The van der Waals surface area contributed by atoms with Crippen LogP contribution in [0.4, 0.5) is 5.82 Å². The third-order valence-electron chi connectivity index (χ3n) is 2.02. The van der Waals surface area contributed by atoms with Crippen molar-refractivity contribution in [1.29, 1.82) is 0 Å². The van der Waals surface area contributed by atoms with Crippen LogP contribution in [-0.4, -0.2) is 33.9 Å². The van der Waals surface area contributed by atoms with E-state index in [9.17, 15) is 4.79 Å². The van der Waals surface area contributed by atoms with Gasteiger partial charge in [-0.15, -0.1) is 0 Å². The molecule has 6 nitrogen and oxygen atoms in total. The number of rotatable bonds is 5. The molecule has 0 aromatic carbocycles. The Hall–Kier alpha value is -1.56. The molecule has 1 heterocycles. The highest BCUT2D eigenvalue weighted by Gasteiger charge is 2.11. The maximum Gasteiger partial charge on any atom is 0.269 e. The molecular weight excluding hydrogens is 196 g/mol. The van der Waals surface area contributed by atoms with Gasteiger partial charge in [-0.1, -0.05) is 0 Å². The highest BCUT2D eigenvalue weighted by molar-refractivity contribution is 5.93. The Bertz CT molecular complexity index is 324. The van der Waals surface area contributed by atoms with E-state index >= 15 is 0 Å². The summed E-state index contributed by atoms with van der Waals surface area (Å²) < 4.78 is 0. The topological polar surface area (TPSA) is 104 Å². The van der Waals surface area contributed by atoms with E-state index in [1.54, 1.807) is 0 Å². The van der Waals surface area contributed by atoms with Gasteiger partial charge in [-0.3, -0.25) is 9.89 Å². The normalized spacial score (nSPS) is 12.4. The number of nitrogens with zero attached hydrogens (tertiary/aromatic N) is 1. The van der Waals surface area contributed by atoms with Crippen molar-refractivity contribution < 1.29 is 9.90 Å². The van der Waals surface area contributed by atoms with Crippen LogP contribution < -0.4 is 11.1 Å². The number of anilines is 1. The fourth-order valence-corrected chi connectivity index (χ4v) is 1.22. The molecule has 1 aromatic rings. The minimum Gasteiger partial charge on any atom is -0.396 e. The van der Waals surface area contributed by atoms with Gasteiger partial charge in [0, 0.05) is 18.7 Å². The lowest BCUT2D eigenvalue weighted by molar-refractivity contribution is 0.0931. The van der Waals surface area contributed by atoms with E-state index in [0.29, 0.717) is 17.9 Å². The standard InChI is InChI=1S/C9H16N4O2/c1-6(3-2-4-14)11-9(15)7-5-8(10)13-12-7/h5-6,14H,2-4H2,1H3,(H,11,15)(H3,10,12,13). The van der Waals surface area contributed by atoms with Gasteiger partial charge in [0.1, 0.15) is 11.5 Å². The molecule has 15 heavy (non-hydrogen) atoms. The molecular formula is C9H16N4O2. The third kappa shape index (κ3) is 3.59. The number of aliphatic hydroxyl groups is 1. The zero-order valence-corrected chi connectivity index (χ0v) is 8.66. The molecule has 1 unspecified atom stereocenters. The number of nitrogen functional groups attached to an aromatic ring is 1. The van der Waals surface area contributed by atoms with Gasteiger partial charge in [-0.25, -0.2) is 0 Å². The molecule has 0 bridgehead atoms. The van der Waals surface area contributed by atoms with E-state index in [4.69, 9.17) is 10.8 Å². The first-order valence-corrected chi connectivity index (χ1v) is 4.86. The molecule has 0 aliphatic rings. The number of carbonyl (C=O) groups is 1. The number of aromatic amines is 1. The quantitative estimate of drug-likeness (QED) is 0.546. The second-order valence-corrected chi connectivity index (χ2v) is 3.45. The van der Waals surface area contributed by atoms with Crippen molar-refractivity contribution in [3.05, 3.63) is 11.8 Å². The average molecular weight is 212 g/mol. The maximum atomic E-state index is 11.5. The first kappa shape index (κ1) is 11.5. The smallest absolute Gasteiger partial charge is 0.269 e. The predicted octanol–water partition coefficient (Wildman–Crippen LogP) is -0.117. The van der Waals surface area contributed by atoms with Crippen molar-refractivity contribution in [3.63, 3.8) is 0 Å². The molecule has 0 aliphatic heterocycles. The summed E-state index contributed by atoms with van der Waals surface area (Å²) in [5, 5.41) is 17.6. The van der Waals surface area contributed by atoms with Gasteiger partial charge >= 0.3 is 0 Å². The van der Waals surface area contributed by atoms with Gasteiger partial charge < -0.3 is 16.2 Å². The number of nitrogens with two attached hydrogens (primary N) is 1. The number of hydrogen-bond donors (Lipinski definition) is 4. The summed E-state index contributed by atoms with van der Waals surface area (Å²) in [6, 6.07) is 1.50. The Balaban J connectivity index is 2.42. The number of H-pyrrole nitrogens is 1. The highest BCUT2D eigenvalue weighted by atomic mass is 16.3. The molecule has 1 aromatic heterocycles. The Morgan fingerprint density at radius 3 is 3.07 bits per heavy atom. The summed E-state index contributed by atoms with van der Waals surface area (Å²) >= 11 is 0. The van der Waals surface area contributed by atoms with Crippen molar-refractivity contribution in [1.82, 2.24) is 15.5 Å². The van der Waals surface area contributed by atoms with Crippen LogP contribution in [0.5, 0.6) is 0 Å². The van der Waals surface area contributed by atoms with Gasteiger partial charge in [0.2, 0.25) is 0 Å². The Labute approximate surface area is 87.9 Å². The lowest BCUT2D eigenvalue weighted by atomic mass is 10.2. The average Bonchev–Trinajstić information content (AvgIpc) is 2.61. The van der Waals surface area contributed by atoms with Crippen LogP contribution in [0.2, 0.25) is 0 Å². The number of aliphatic hydroxyl groups excluding tert-OH is 1. The summed E-state index contributed by atoms with van der Waals surface area (Å²) in [6.07, 6.45) is 1.42. The predicted molar refractivity (Wildman–Crippen MR) is 56.2 cm³/mol. The van der Waals surface area contributed by atoms with Crippen LogP contribution in [0.25, 0.3) is 0 Å². The van der Waals surface area contributed by atoms with Crippen molar-refractivity contribution in [3.8, 4) is 0 Å². The SMILES string of the molecule is CC(CCCO)NC(=O)c1cc(N)n[nH]1. The molecule has 1 amide bonds. The lowest BCUT2D eigenvalue weighted by Gasteiger charge is -2.11. The fourth-order valence-electron chi connectivity index (χ4n) is 1.22. The van der Waals surface area contributed by atoms with Gasteiger partial charge in [0.05, 0.1) is 0 Å². The molecule has 0 saturated heterocycles. The Morgan fingerprint density at radius 1 is 1.80 bits per heavy atom. The summed E-state index contributed by atoms with van der Waals surface area (Å²) in [4.78, 5) is 11.5. The van der Waals surface area contributed by atoms with E-state index in [1.165, 1.54) is 6.07 Å². The number of carbonyl (C=O) groups excluding carboxylic acids is 1. The molecule has 5 N–H and O–H groups in total. The highest BCUT2D eigenvalue weighted by Crippen LogP contribution is 2.02. The zero-order valence-electron chi connectivity index (χ0n) is 8.66. The first-order valence-electron chi connectivity index (χ1n) is 4.86. The number of aromatic nitrogens is 2.